The molecule has 6 nitrogen and oxygen atoms in total. The van der Waals surface area contributed by atoms with Gasteiger partial charge in [0.25, 0.3) is 0 Å². The maximum absolute atomic E-state index is 5.90. The minimum Gasteiger partial charge on any atom is -0.354 e. The van der Waals surface area contributed by atoms with Crippen molar-refractivity contribution in [3.63, 3.8) is 0 Å². The summed E-state index contributed by atoms with van der Waals surface area (Å²) >= 11 is 5.90. The summed E-state index contributed by atoms with van der Waals surface area (Å²) in [6.07, 6.45) is 1.07. The summed E-state index contributed by atoms with van der Waals surface area (Å²) in [6, 6.07) is 11.9. The highest BCUT2D eigenvalue weighted by molar-refractivity contribution is 6.30. The first-order valence-electron chi connectivity index (χ1n) is 6.83. The number of benzene rings is 1. The van der Waals surface area contributed by atoms with Crippen LogP contribution < -0.4 is 4.90 Å². The molecule has 0 amide bonds. The van der Waals surface area contributed by atoms with Crippen molar-refractivity contribution in [1.82, 2.24) is 25.3 Å². The van der Waals surface area contributed by atoms with Gasteiger partial charge in [0.1, 0.15) is 0 Å². The molecule has 0 spiro atoms. The largest absolute Gasteiger partial charge is 0.354 e. The van der Waals surface area contributed by atoms with Gasteiger partial charge in [-0.2, -0.15) is 0 Å². The number of tetrazole rings is 1. The lowest BCUT2D eigenvalue weighted by Gasteiger charge is -2.40. The van der Waals surface area contributed by atoms with Crippen LogP contribution >= 0.6 is 11.6 Å². The molecule has 0 radical (unpaired) electrons. The molecule has 1 fully saturated rings. The van der Waals surface area contributed by atoms with E-state index in [1.807, 2.05) is 24.3 Å². The molecule has 0 saturated carbocycles. The molecule has 0 unspecified atom stereocenters. The Bertz CT molecular complexity index is 762. The second-order valence-corrected chi connectivity index (χ2v) is 5.76. The molecule has 3 aromatic rings. The van der Waals surface area contributed by atoms with Gasteiger partial charge < -0.3 is 4.90 Å². The maximum Gasteiger partial charge on any atom is 0.200 e. The highest BCUT2D eigenvalue weighted by Crippen LogP contribution is 2.25. The molecule has 2 aromatic heterocycles. The first-order valence-corrected chi connectivity index (χ1v) is 7.20. The van der Waals surface area contributed by atoms with Crippen LogP contribution in [0.1, 0.15) is 5.56 Å². The topological polar surface area (TPSA) is 59.2 Å². The summed E-state index contributed by atoms with van der Waals surface area (Å²) in [5.41, 5.74) is 1.99. The minimum absolute atomic E-state index is 0.651. The van der Waals surface area contributed by atoms with E-state index in [1.54, 1.807) is 0 Å². The van der Waals surface area contributed by atoms with Gasteiger partial charge in [-0.25, -0.2) is 0 Å². The van der Waals surface area contributed by atoms with Gasteiger partial charge in [-0.1, -0.05) is 23.7 Å². The van der Waals surface area contributed by atoms with E-state index in [0.717, 1.165) is 30.4 Å². The average molecular weight is 301 g/mol. The monoisotopic (exact) mass is 300 g/mol. The molecular formula is C14H13ClN6. The maximum atomic E-state index is 5.90. The highest BCUT2D eigenvalue weighted by atomic mass is 35.5. The number of halogens is 1. The van der Waals surface area contributed by atoms with Crippen LogP contribution in [0.4, 0.5) is 5.82 Å². The molecule has 3 heterocycles. The lowest BCUT2D eigenvalue weighted by molar-refractivity contribution is 0.403. The third-order valence-corrected chi connectivity index (χ3v) is 4.03. The number of anilines is 1. The summed E-state index contributed by atoms with van der Waals surface area (Å²) in [6.45, 7) is 2.01. The van der Waals surface area contributed by atoms with Gasteiger partial charge in [-0.05, 0) is 52.6 Å². The molecule has 7 heteroatoms. The fourth-order valence-corrected chi connectivity index (χ4v) is 2.77. The predicted molar refractivity (Wildman–Crippen MR) is 79.4 cm³/mol. The number of fused-ring (bicyclic) bond motifs is 1. The summed E-state index contributed by atoms with van der Waals surface area (Å²) in [4.78, 5) is 2.24. The van der Waals surface area contributed by atoms with Gasteiger partial charge in [0.05, 0.1) is 0 Å². The fraction of sp³-hybridized carbons (Fsp3) is 0.286. The Morgan fingerprint density at radius 2 is 1.90 bits per heavy atom. The minimum atomic E-state index is 0.651. The highest BCUT2D eigenvalue weighted by Gasteiger charge is 2.28. The average Bonchev–Trinajstić information content (AvgIpc) is 2.91. The third-order valence-electron chi connectivity index (χ3n) is 3.77. The van der Waals surface area contributed by atoms with Gasteiger partial charge >= 0.3 is 0 Å². The quantitative estimate of drug-likeness (QED) is 0.739. The van der Waals surface area contributed by atoms with E-state index in [1.165, 1.54) is 10.2 Å². The van der Waals surface area contributed by atoms with Crippen LogP contribution in [0.3, 0.4) is 0 Å². The van der Waals surface area contributed by atoms with Gasteiger partial charge in [0.2, 0.25) is 0 Å². The van der Waals surface area contributed by atoms with E-state index in [-0.39, 0.29) is 0 Å². The SMILES string of the molecule is Clc1ccc(CC2CN(c3ccc4nnnn4n3)C2)cc1. The van der Waals surface area contributed by atoms with Crippen molar-refractivity contribution in [1.29, 1.82) is 0 Å². The molecule has 1 aromatic carbocycles. The first kappa shape index (κ1) is 12.5. The summed E-state index contributed by atoms with van der Waals surface area (Å²) in [5, 5.41) is 16.5. The number of aromatic nitrogens is 5. The van der Waals surface area contributed by atoms with Crippen LogP contribution in [0.15, 0.2) is 36.4 Å². The second-order valence-electron chi connectivity index (χ2n) is 5.32. The zero-order valence-corrected chi connectivity index (χ0v) is 12.0. The first-order chi connectivity index (χ1) is 10.3. The van der Waals surface area contributed by atoms with Crippen molar-refractivity contribution >= 4 is 23.1 Å². The van der Waals surface area contributed by atoms with Crippen LogP contribution in [0.5, 0.6) is 0 Å². The van der Waals surface area contributed by atoms with E-state index in [9.17, 15) is 0 Å². The Balaban J connectivity index is 1.41. The van der Waals surface area contributed by atoms with E-state index in [4.69, 9.17) is 11.6 Å². The van der Waals surface area contributed by atoms with Crippen molar-refractivity contribution in [3.8, 4) is 0 Å². The van der Waals surface area contributed by atoms with Crippen LogP contribution in [0.25, 0.3) is 5.65 Å². The van der Waals surface area contributed by atoms with E-state index in [0.29, 0.717) is 11.6 Å². The Kier molecular flexibility index (Phi) is 2.96. The molecule has 1 saturated heterocycles. The fourth-order valence-electron chi connectivity index (χ4n) is 2.65. The molecule has 106 valence electrons. The Labute approximate surface area is 126 Å². The molecule has 1 aliphatic heterocycles. The predicted octanol–water partition coefficient (Wildman–Crippen LogP) is 1.85. The lowest BCUT2D eigenvalue weighted by Crippen LogP contribution is -2.48. The summed E-state index contributed by atoms with van der Waals surface area (Å²) < 4.78 is 1.46. The molecule has 21 heavy (non-hydrogen) atoms. The Morgan fingerprint density at radius 1 is 1.10 bits per heavy atom. The van der Waals surface area contributed by atoms with Crippen LogP contribution in [0.2, 0.25) is 5.02 Å². The number of rotatable bonds is 3. The van der Waals surface area contributed by atoms with E-state index >= 15 is 0 Å². The van der Waals surface area contributed by atoms with Crippen molar-refractivity contribution in [2.75, 3.05) is 18.0 Å². The van der Waals surface area contributed by atoms with Crippen molar-refractivity contribution < 1.29 is 0 Å². The second kappa shape index (κ2) is 4.96. The number of nitrogens with zero attached hydrogens (tertiary/aromatic N) is 6. The van der Waals surface area contributed by atoms with Crippen molar-refractivity contribution in [2.24, 2.45) is 5.92 Å². The van der Waals surface area contributed by atoms with Gasteiger partial charge in [0, 0.05) is 18.1 Å². The van der Waals surface area contributed by atoms with Crippen molar-refractivity contribution in [2.45, 2.75) is 6.42 Å². The smallest absolute Gasteiger partial charge is 0.200 e. The number of hydrogen-bond donors (Lipinski definition) is 0. The molecule has 0 N–H and O–H groups in total. The molecule has 4 rings (SSSR count). The van der Waals surface area contributed by atoms with Crippen LogP contribution in [0, 0.1) is 5.92 Å². The Morgan fingerprint density at radius 3 is 2.71 bits per heavy atom. The lowest BCUT2D eigenvalue weighted by atomic mass is 9.92. The molecule has 0 atom stereocenters. The van der Waals surface area contributed by atoms with Crippen LogP contribution in [-0.2, 0) is 6.42 Å². The zero-order valence-electron chi connectivity index (χ0n) is 11.2. The molecular weight excluding hydrogens is 288 g/mol. The van der Waals surface area contributed by atoms with E-state index < -0.39 is 0 Å². The van der Waals surface area contributed by atoms with Gasteiger partial charge in [-0.3, -0.25) is 0 Å². The molecule has 1 aliphatic rings. The standard InChI is InChI=1S/C14H13ClN6/c15-12-3-1-10(2-4-12)7-11-8-20(9-11)14-6-5-13-16-18-19-21(13)17-14/h1-6,11H,7-9H2. The van der Waals surface area contributed by atoms with Crippen molar-refractivity contribution in [3.05, 3.63) is 47.0 Å². The summed E-state index contributed by atoms with van der Waals surface area (Å²) in [5.74, 6) is 1.57. The van der Waals surface area contributed by atoms with E-state index in [2.05, 4.69) is 37.7 Å². The van der Waals surface area contributed by atoms with Gasteiger partial charge in [0.15, 0.2) is 11.5 Å². The molecule has 0 aliphatic carbocycles. The van der Waals surface area contributed by atoms with Gasteiger partial charge in [-0.15, -0.1) is 14.8 Å². The zero-order chi connectivity index (χ0) is 14.2. The van der Waals surface area contributed by atoms with Crippen LogP contribution in [-0.4, -0.2) is 38.3 Å². The third kappa shape index (κ3) is 2.42. The summed E-state index contributed by atoms with van der Waals surface area (Å²) in [7, 11) is 0. The normalized spacial score (nSPS) is 15.4. The molecule has 0 bridgehead atoms. The number of hydrogen-bond acceptors (Lipinski definition) is 5. The Hall–Kier alpha value is -2.21.